The molecular weight excluding hydrogens is 278 g/mol. The van der Waals surface area contributed by atoms with E-state index in [0.717, 1.165) is 36.6 Å². The summed E-state index contributed by atoms with van der Waals surface area (Å²) in [6.45, 7) is 9.00. The SMILES string of the molecule is Cc1nc(C2CCCN2C(=O)c2ccn(C(C)(C)C)c2)n[nH]1. The minimum Gasteiger partial charge on any atom is -0.348 e. The van der Waals surface area contributed by atoms with Crippen molar-refractivity contribution in [3.05, 3.63) is 35.7 Å². The Morgan fingerprint density at radius 2 is 2.18 bits per heavy atom. The molecule has 1 N–H and O–H groups in total. The van der Waals surface area contributed by atoms with Crippen molar-refractivity contribution in [2.24, 2.45) is 0 Å². The summed E-state index contributed by atoms with van der Waals surface area (Å²) in [5.74, 6) is 1.57. The Balaban J connectivity index is 1.83. The van der Waals surface area contributed by atoms with Crippen molar-refractivity contribution < 1.29 is 4.79 Å². The number of carbonyl (C=O) groups excluding carboxylic acids is 1. The molecule has 22 heavy (non-hydrogen) atoms. The van der Waals surface area contributed by atoms with Gasteiger partial charge in [0.15, 0.2) is 5.82 Å². The molecule has 1 aliphatic heterocycles. The molecule has 0 aliphatic carbocycles. The molecule has 6 nitrogen and oxygen atoms in total. The zero-order valence-corrected chi connectivity index (χ0v) is 13.6. The van der Waals surface area contributed by atoms with E-state index in [1.165, 1.54) is 0 Å². The zero-order valence-electron chi connectivity index (χ0n) is 13.6. The van der Waals surface area contributed by atoms with Crippen molar-refractivity contribution in [1.29, 1.82) is 0 Å². The van der Waals surface area contributed by atoms with Crippen LogP contribution in [-0.2, 0) is 5.54 Å². The number of hydrogen-bond donors (Lipinski definition) is 1. The Morgan fingerprint density at radius 1 is 1.41 bits per heavy atom. The van der Waals surface area contributed by atoms with E-state index in [4.69, 9.17) is 0 Å². The molecule has 1 amide bonds. The highest BCUT2D eigenvalue weighted by atomic mass is 16.2. The van der Waals surface area contributed by atoms with E-state index in [9.17, 15) is 4.79 Å². The van der Waals surface area contributed by atoms with Gasteiger partial charge in [0, 0.05) is 24.5 Å². The number of carbonyl (C=O) groups is 1. The summed E-state index contributed by atoms with van der Waals surface area (Å²) in [4.78, 5) is 19.1. The quantitative estimate of drug-likeness (QED) is 0.927. The van der Waals surface area contributed by atoms with E-state index >= 15 is 0 Å². The fraction of sp³-hybridized carbons (Fsp3) is 0.562. The lowest BCUT2D eigenvalue weighted by atomic mass is 10.1. The summed E-state index contributed by atoms with van der Waals surface area (Å²) in [6.07, 6.45) is 5.81. The molecule has 3 rings (SSSR count). The number of nitrogens with zero attached hydrogens (tertiary/aromatic N) is 4. The molecule has 0 saturated carbocycles. The molecule has 118 valence electrons. The van der Waals surface area contributed by atoms with Crippen LogP contribution in [0.15, 0.2) is 18.5 Å². The zero-order chi connectivity index (χ0) is 15.9. The minimum absolute atomic E-state index is 0.0181. The average Bonchev–Trinajstić information content (AvgIpc) is 3.16. The van der Waals surface area contributed by atoms with Crippen LogP contribution < -0.4 is 0 Å². The molecule has 2 aromatic rings. The number of amides is 1. The average molecular weight is 301 g/mol. The topological polar surface area (TPSA) is 66.8 Å². The van der Waals surface area contributed by atoms with Gasteiger partial charge in [-0.2, -0.15) is 5.10 Å². The molecule has 1 fully saturated rings. The number of hydrogen-bond acceptors (Lipinski definition) is 3. The normalized spacial score (nSPS) is 18.9. The van der Waals surface area contributed by atoms with Gasteiger partial charge in [-0.3, -0.25) is 9.89 Å². The van der Waals surface area contributed by atoms with Crippen LogP contribution in [-0.4, -0.2) is 37.1 Å². The molecule has 0 spiro atoms. The van der Waals surface area contributed by atoms with Crippen LogP contribution in [0.1, 0.15) is 61.7 Å². The molecule has 0 radical (unpaired) electrons. The molecule has 1 aliphatic rings. The van der Waals surface area contributed by atoms with Gasteiger partial charge >= 0.3 is 0 Å². The summed E-state index contributed by atoms with van der Waals surface area (Å²) < 4.78 is 2.07. The number of rotatable bonds is 2. The first kappa shape index (κ1) is 14.8. The molecule has 1 unspecified atom stereocenters. The maximum atomic E-state index is 12.8. The third kappa shape index (κ3) is 2.65. The first-order valence-electron chi connectivity index (χ1n) is 7.74. The Kier molecular flexibility index (Phi) is 3.54. The second-order valence-corrected chi connectivity index (χ2v) is 6.91. The standard InChI is InChI=1S/C16H23N5O/c1-11-17-14(19-18-11)13-6-5-8-21(13)15(22)12-7-9-20(10-12)16(2,3)4/h7,9-10,13H,5-6,8H2,1-4H3,(H,17,18,19). The van der Waals surface area contributed by atoms with Gasteiger partial charge in [0.05, 0.1) is 11.6 Å². The van der Waals surface area contributed by atoms with Crippen LogP contribution in [0.5, 0.6) is 0 Å². The largest absolute Gasteiger partial charge is 0.348 e. The van der Waals surface area contributed by atoms with Crippen LogP contribution in [0.25, 0.3) is 0 Å². The Morgan fingerprint density at radius 3 is 2.77 bits per heavy atom. The minimum atomic E-state index is -0.0240. The second kappa shape index (κ2) is 5.26. The van der Waals surface area contributed by atoms with Crippen LogP contribution in [0.3, 0.4) is 0 Å². The molecule has 1 saturated heterocycles. The number of aryl methyl sites for hydroxylation is 1. The second-order valence-electron chi connectivity index (χ2n) is 6.91. The maximum absolute atomic E-state index is 12.8. The smallest absolute Gasteiger partial charge is 0.256 e. The van der Waals surface area contributed by atoms with Crippen LogP contribution in [0.2, 0.25) is 0 Å². The van der Waals surface area contributed by atoms with E-state index in [1.807, 2.05) is 30.3 Å². The van der Waals surface area contributed by atoms with Crippen molar-refractivity contribution in [2.45, 2.75) is 52.1 Å². The number of likely N-dealkylation sites (tertiary alicyclic amines) is 1. The summed E-state index contributed by atoms with van der Waals surface area (Å²) in [5, 5.41) is 7.10. The maximum Gasteiger partial charge on any atom is 0.256 e. The molecule has 1 atom stereocenters. The van der Waals surface area contributed by atoms with Gasteiger partial charge in [-0.15, -0.1) is 0 Å². The van der Waals surface area contributed by atoms with Crippen molar-refractivity contribution in [2.75, 3.05) is 6.54 Å². The van der Waals surface area contributed by atoms with Gasteiger partial charge in [0.25, 0.3) is 5.91 Å². The summed E-state index contributed by atoms with van der Waals surface area (Å²) in [5.41, 5.74) is 0.707. The van der Waals surface area contributed by atoms with Gasteiger partial charge in [-0.1, -0.05) is 0 Å². The van der Waals surface area contributed by atoms with E-state index in [-0.39, 0.29) is 17.5 Å². The lowest BCUT2D eigenvalue weighted by Gasteiger charge is -2.23. The van der Waals surface area contributed by atoms with Gasteiger partial charge in [0.2, 0.25) is 0 Å². The highest BCUT2D eigenvalue weighted by Gasteiger charge is 2.33. The number of aromatic nitrogens is 4. The van der Waals surface area contributed by atoms with E-state index in [0.29, 0.717) is 0 Å². The fourth-order valence-corrected chi connectivity index (χ4v) is 2.89. The predicted molar refractivity (Wildman–Crippen MR) is 83.6 cm³/mol. The number of aromatic amines is 1. The third-order valence-corrected chi connectivity index (χ3v) is 4.14. The van der Waals surface area contributed by atoms with Crippen molar-refractivity contribution in [3.8, 4) is 0 Å². The van der Waals surface area contributed by atoms with Crippen molar-refractivity contribution in [1.82, 2.24) is 24.6 Å². The first-order valence-corrected chi connectivity index (χ1v) is 7.74. The molecule has 3 heterocycles. The molecule has 2 aromatic heterocycles. The van der Waals surface area contributed by atoms with Gasteiger partial charge in [-0.25, -0.2) is 4.98 Å². The van der Waals surface area contributed by atoms with Crippen molar-refractivity contribution >= 4 is 5.91 Å². The van der Waals surface area contributed by atoms with E-state index in [2.05, 4.69) is 40.5 Å². The third-order valence-electron chi connectivity index (χ3n) is 4.14. The molecule has 0 aromatic carbocycles. The Labute approximate surface area is 130 Å². The molecule has 0 bridgehead atoms. The summed E-state index contributed by atoms with van der Waals surface area (Å²) >= 11 is 0. The Bertz CT molecular complexity index is 679. The van der Waals surface area contributed by atoms with Crippen molar-refractivity contribution in [3.63, 3.8) is 0 Å². The Hall–Kier alpha value is -2.11. The summed E-state index contributed by atoms with van der Waals surface area (Å²) in [7, 11) is 0. The highest BCUT2D eigenvalue weighted by Crippen LogP contribution is 2.31. The van der Waals surface area contributed by atoms with Gasteiger partial charge < -0.3 is 9.47 Å². The lowest BCUT2D eigenvalue weighted by Crippen LogP contribution is -2.31. The van der Waals surface area contributed by atoms with Crippen LogP contribution in [0.4, 0.5) is 0 Å². The van der Waals surface area contributed by atoms with Crippen LogP contribution in [0, 0.1) is 6.92 Å². The molecular formula is C16H23N5O. The predicted octanol–water partition coefficient (Wildman–Crippen LogP) is 2.65. The lowest BCUT2D eigenvalue weighted by molar-refractivity contribution is 0.0730. The number of nitrogens with one attached hydrogen (secondary N) is 1. The highest BCUT2D eigenvalue weighted by molar-refractivity contribution is 5.94. The molecule has 6 heteroatoms. The number of H-pyrrole nitrogens is 1. The summed E-state index contributed by atoms with van der Waals surface area (Å²) in [6, 6.07) is 1.88. The first-order chi connectivity index (χ1) is 10.4. The van der Waals surface area contributed by atoms with Crippen LogP contribution >= 0.6 is 0 Å². The van der Waals surface area contributed by atoms with Gasteiger partial charge in [0.1, 0.15) is 5.82 Å². The van der Waals surface area contributed by atoms with E-state index in [1.54, 1.807) is 0 Å². The van der Waals surface area contributed by atoms with E-state index < -0.39 is 0 Å². The van der Waals surface area contributed by atoms with Gasteiger partial charge in [-0.05, 0) is 46.6 Å². The fourth-order valence-electron chi connectivity index (χ4n) is 2.89. The monoisotopic (exact) mass is 301 g/mol.